The quantitative estimate of drug-likeness (QED) is 0.881. The van der Waals surface area contributed by atoms with Gasteiger partial charge in [0, 0.05) is 4.88 Å². The molecule has 0 aliphatic heterocycles. The van der Waals surface area contributed by atoms with Gasteiger partial charge in [0.05, 0.1) is 11.3 Å². The number of carboxylic acids is 1. The Labute approximate surface area is 121 Å². The lowest BCUT2D eigenvalue weighted by Crippen LogP contribution is -2.01. The first-order valence-corrected chi connectivity index (χ1v) is 7.25. The fourth-order valence-electron chi connectivity index (χ4n) is 1.91. The summed E-state index contributed by atoms with van der Waals surface area (Å²) in [6.07, 6.45) is 1.84. The zero-order valence-electron chi connectivity index (χ0n) is 11.7. The van der Waals surface area contributed by atoms with E-state index in [-0.39, 0.29) is 11.5 Å². The van der Waals surface area contributed by atoms with Crippen molar-refractivity contribution in [1.82, 2.24) is 5.16 Å². The van der Waals surface area contributed by atoms with E-state index in [0.717, 1.165) is 29.0 Å². The van der Waals surface area contributed by atoms with Crippen LogP contribution in [-0.2, 0) is 13.0 Å². The van der Waals surface area contributed by atoms with Gasteiger partial charge in [0.15, 0.2) is 4.88 Å². The van der Waals surface area contributed by atoms with Gasteiger partial charge in [-0.1, -0.05) is 18.5 Å². The molecule has 2 aromatic rings. The number of carbonyl (C=O) groups is 1. The summed E-state index contributed by atoms with van der Waals surface area (Å²) in [6.45, 7) is 5.98. The minimum Gasteiger partial charge on any atom is -0.487 e. The van der Waals surface area contributed by atoms with Crippen LogP contribution in [0.2, 0.25) is 0 Å². The number of carboxylic acid groups (broad SMARTS) is 1. The number of aromatic carboxylic acids is 1. The summed E-state index contributed by atoms with van der Waals surface area (Å²) in [6, 6.07) is 1.82. The number of rotatable bonds is 6. The van der Waals surface area contributed by atoms with E-state index in [1.807, 2.05) is 19.9 Å². The molecule has 5 nitrogen and oxygen atoms in total. The van der Waals surface area contributed by atoms with Crippen molar-refractivity contribution in [1.29, 1.82) is 0 Å². The van der Waals surface area contributed by atoms with Gasteiger partial charge in [-0.25, -0.2) is 4.79 Å². The molecule has 0 atom stereocenters. The van der Waals surface area contributed by atoms with Crippen LogP contribution in [0.15, 0.2) is 10.6 Å². The molecule has 0 unspecified atom stereocenters. The van der Waals surface area contributed by atoms with Crippen molar-refractivity contribution in [2.45, 2.75) is 40.2 Å². The molecule has 6 heteroatoms. The van der Waals surface area contributed by atoms with Crippen LogP contribution in [0.1, 0.15) is 44.9 Å². The molecule has 0 spiro atoms. The molecule has 20 heavy (non-hydrogen) atoms. The van der Waals surface area contributed by atoms with Gasteiger partial charge < -0.3 is 14.4 Å². The number of nitrogens with zero attached hydrogens (tertiary/aromatic N) is 1. The number of ether oxygens (including phenoxy) is 1. The first-order valence-electron chi connectivity index (χ1n) is 6.43. The van der Waals surface area contributed by atoms with Gasteiger partial charge in [-0.05, 0) is 26.3 Å². The normalized spacial score (nSPS) is 10.8. The van der Waals surface area contributed by atoms with Gasteiger partial charge in [0.1, 0.15) is 18.1 Å². The van der Waals surface area contributed by atoms with E-state index in [1.165, 1.54) is 11.3 Å². The van der Waals surface area contributed by atoms with Crippen molar-refractivity contribution in [2.24, 2.45) is 0 Å². The van der Waals surface area contributed by atoms with Gasteiger partial charge >= 0.3 is 5.97 Å². The maximum absolute atomic E-state index is 11.2. The topological polar surface area (TPSA) is 72.6 Å². The lowest BCUT2D eigenvalue weighted by molar-refractivity contribution is 0.0697. The Morgan fingerprint density at radius 1 is 1.50 bits per heavy atom. The van der Waals surface area contributed by atoms with E-state index >= 15 is 0 Å². The van der Waals surface area contributed by atoms with Crippen molar-refractivity contribution >= 4 is 17.3 Å². The molecule has 0 bridgehead atoms. The summed E-state index contributed by atoms with van der Waals surface area (Å²) >= 11 is 1.27. The first kappa shape index (κ1) is 14.6. The molecule has 0 fully saturated rings. The monoisotopic (exact) mass is 295 g/mol. The van der Waals surface area contributed by atoms with Gasteiger partial charge in [-0.2, -0.15) is 0 Å². The highest BCUT2D eigenvalue weighted by Gasteiger charge is 2.18. The SMILES string of the molecule is CCCc1cc(OCc2c(C)noc2C)c(C(=O)O)s1. The Morgan fingerprint density at radius 2 is 2.25 bits per heavy atom. The van der Waals surface area contributed by atoms with Gasteiger partial charge in [0.25, 0.3) is 0 Å². The molecule has 0 aliphatic rings. The van der Waals surface area contributed by atoms with Crippen LogP contribution < -0.4 is 4.74 Å². The summed E-state index contributed by atoms with van der Waals surface area (Å²) < 4.78 is 10.7. The van der Waals surface area contributed by atoms with Crippen molar-refractivity contribution < 1.29 is 19.2 Å². The van der Waals surface area contributed by atoms with Gasteiger partial charge in [0.2, 0.25) is 0 Å². The summed E-state index contributed by atoms with van der Waals surface area (Å²) in [5, 5.41) is 13.1. The van der Waals surface area contributed by atoms with E-state index in [0.29, 0.717) is 11.5 Å². The highest BCUT2D eigenvalue weighted by molar-refractivity contribution is 7.14. The highest BCUT2D eigenvalue weighted by Crippen LogP contribution is 2.31. The number of aromatic nitrogens is 1. The van der Waals surface area contributed by atoms with E-state index in [2.05, 4.69) is 12.1 Å². The number of aryl methyl sites for hydroxylation is 3. The zero-order chi connectivity index (χ0) is 14.7. The zero-order valence-corrected chi connectivity index (χ0v) is 12.5. The molecule has 0 aromatic carbocycles. The van der Waals surface area contributed by atoms with Crippen molar-refractivity contribution in [3.8, 4) is 5.75 Å². The molecule has 1 N–H and O–H groups in total. The molecule has 0 radical (unpaired) electrons. The van der Waals surface area contributed by atoms with Crippen LogP contribution in [-0.4, -0.2) is 16.2 Å². The predicted molar refractivity (Wildman–Crippen MR) is 75.6 cm³/mol. The van der Waals surface area contributed by atoms with Gasteiger partial charge in [-0.3, -0.25) is 0 Å². The summed E-state index contributed by atoms with van der Waals surface area (Å²) in [4.78, 5) is 12.5. The average molecular weight is 295 g/mol. The lowest BCUT2D eigenvalue weighted by atomic mass is 10.2. The maximum atomic E-state index is 11.2. The van der Waals surface area contributed by atoms with Crippen molar-refractivity contribution in [3.05, 3.63) is 32.8 Å². The van der Waals surface area contributed by atoms with E-state index in [1.54, 1.807) is 0 Å². The number of thiophene rings is 1. The first-order chi connectivity index (χ1) is 9.52. The lowest BCUT2D eigenvalue weighted by Gasteiger charge is -2.04. The second-order valence-electron chi connectivity index (χ2n) is 4.55. The molecule has 0 aliphatic carbocycles. The third-order valence-corrected chi connectivity index (χ3v) is 4.16. The Morgan fingerprint density at radius 3 is 2.80 bits per heavy atom. The van der Waals surface area contributed by atoms with Crippen LogP contribution >= 0.6 is 11.3 Å². The molecule has 0 amide bonds. The number of hydrogen-bond donors (Lipinski definition) is 1. The standard InChI is InChI=1S/C14H17NO4S/c1-4-5-10-6-12(13(20-10)14(16)17)18-7-11-8(2)15-19-9(11)3/h6H,4-5,7H2,1-3H3,(H,16,17). The average Bonchev–Trinajstić information content (AvgIpc) is 2.93. The maximum Gasteiger partial charge on any atom is 0.349 e. The van der Waals surface area contributed by atoms with Crippen LogP contribution in [0.25, 0.3) is 0 Å². The van der Waals surface area contributed by atoms with E-state index in [4.69, 9.17) is 9.26 Å². The minimum absolute atomic E-state index is 0.250. The molecule has 2 heterocycles. The third-order valence-electron chi connectivity index (χ3n) is 2.99. The van der Waals surface area contributed by atoms with E-state index in [9.17, 15) is 9.90 Å². The summed E-state index contributed by atoms with van der Waals surface area (Å²) in [7, 11) is 0. The van der Waals surface area contributed by atoms with E-state index < -0.39 is 5.97 Å². The predicted octanol–water partition coefficient (Wildman–Crippen LogP) is 3.58. The molecule has 2 aromatic heterocycles. The molecule has 0 saturated heterocycles. The third kappa shape index (κ3) is 3.01. The second-order valence-corrected chi connectivity index (χ2v) is 5.69. The van der Waals surface area contributed by atoms with Crippen molar-refractivity contribution in [3.63, 3.8) is 0 Å². The van der Waals surface area contributed by atoms with Crippen LogP contribution in [0.4, 0.5) is 0 Å². The van der Waals surface area contributed by atoms with Gasteiger partial charge in [-0.15, -0.1) is 11.3 Å². The smallest absolute Gasteiger partial charge is 0.349 e. The largest absolute Gasteiger partial charge is 0.487 e. The van der Waals surface area contributed by atoms with Crippen LogP contribution in [0.5, 0.6) is 5.75 Å². The molecule has 108 valence electrons. The Hall–Kier alpha value is -1.82. The molecular formula is C14H17NO4S. The second kappa shape index (κ2) is 6.09. The Balaban J connectivity index is 2.18. The molecule has 2 rings (SSSR count). The Bertz CT molecular complexity index is 595. The number of hydrogen-bond acceptors (Lipinski definition) is 5. The fraction of sp³-hybridized carbons (Fsp3) is 0.429. The summed E-state index contributed by atoms with van der Waals surface area (Å²) in [5.41, 5.74) is 1.63. The molecule has 0 saturated carbocycles. The van der Waals surface area contributed by atoms with Crippen LogP contribution in [0.3, 0.4) is 0 Å². The van der Waals surface area contributed by atoms with Crippen molar-refractivity contribution in [2.75, 3.05) is 0 Å². The fourth-order valence-corrected chi connectivity index (χ4v) is 2.95. The minimum atomic E-state index is -0.953. The summed E-state index contributed by atoms with van der Waals surface area (Å²) in [5.74, 6) is 0.167. The molecular weight excluding hydrogens is 278 g/mol. The highest BCUT2D eigenvalue weighted by atomic mass is 32.1. The van der Waals surface area contributed by atoms with Crippen LogP contribution in [0, 0.1) is 13.8 Å². The Kier molecular flexibility index (Phi) is 4.44.